The molecule has 0 amide bonds. The normalized spacial score (nSPS) is 18.5. The molecule has 2 heterocycles. The van der Waals surface area contributed by atoms with Gasteiger partial charge in [-0.3, -0.25) is 0 Å². The Labute approximate surface area is 136 Å². The van der Waals surface area contributed by atoms with Crippen LogP contribution in [-0.4, -0.2) is 41.1 Å². The van der Waals surface area contributed by atoms with Crippen LogP contribution in [0, 0.1) is 12.8 Å². The van der Waals surface area contributed by atoms with Crippen LogP contribution in [0.15, 0.2) is 15.4 Å². The zero-order chi connectivity index (χ0) is 15.5. The van der Waals surface area contributed by atoms with E-state index in [2.05, 4.69) is 14.8 Å². The van der Waals surface area contributed by atoms with Gasteiger partial charge in [0, 0.05) is 12.6 Å². The van der Waals surface area contributed by atoms with Crippen molar-refractivity contribution in [2.45, 2.75) is 24.7 Å². The molecule has 1 unspecified atom stereocenters. The van der Waals surface area contributed by atoms with Gasteiger partial charge in [-0.15, -0.1) is 12.4 Å². The Morgan fingerprint density at radius 2 is 2.27 bits per heavy atom. The molecule has 0 radical (unpaired) electrons. The van der Waals surface area contributed by atoms with Gasteiger partial charge in [-0.2, -0.15) is 0 Å². The number of piperidine rings is 1. The molecule has 7 nitrogen and oxygen atoms in total. The summed E-state index contributed by atoms with van der Waals surface area (Å²) in [6.07, 6.45) is 2.04. The summed E-state index contributed by atoms with van der Waals surface area (Å²) in [5, 5.41) is 3.23. The number of ether oxygens (including phenoxy) is 1. The van der Waals surface area contributed by atoms with Crippen LogP contribution in [0.2, 0.25) is 0 Å². The molecule has 1 saturated heterocycles. The van der Waals surface area contributed by atoms with Crippen molar-refractivity contribution in [3.05, 3.63) is 17.6 Å². The Morgan fingerprint density at radius 3 is 2.86 bits per heavy atom. The topological polar surface area (TPSA) is 97.6 Å². The number of methoxy groups -OCH3 is 1. The average molecular weight is 353 g/mol. The molecule has 1 aromatic heterocycles. The van der Waals surface area contributed by atoms with Gasteiger partial charge in [-0.25, -0.2) is 17.9 Å². The first kappa shape index (κ1) is 19.0. The van der Waals surface area contributed by atoms with Crippen molar-refractivity contribution in [3.8, 4) is 0 Å². The molecule has 0 saturated carbocycles. The number of halogens is 1. The zero-order valence-electron chi connectivity index (χ0n) is 12.5. The van der Waals surface area contributed by atoms with E-state index in [1.165, 1.54) is 20.1 Å². The summed E-state index contributed by atoms with van der Waals surface area (Å²) < 4.78 is 36.8. The molecule has 2 rings (SSSR count). The number of carbonyl (C=O) groups excluding carboxylic acids is 1. The molecule has 9 heteroatoms. The number of carbonyl (C=O) groups is 1. The van der Waals surface area contributed by atoms with Crippen LogP contribution in [0.25, 0.3) is 0 Å². The molecule has 0 spiro atoms. The fraction of sp³-hybridized carbons (Fsp3) is 0.615. The van der Waals surface area contributed by atoms with E-state index in [0.717, 1.165) is 25.9 Å². The Bertz CT molecular complexity index is 608. The van der Waals surface area contributed by atoms with Crippen LogP contribution in [0.5, 0.6) is 0 Å². The monoisotopic (exact) mass is 352 g/mol. The van der Waals surface area contributed by atoms with Gasteiger partial charge < -0.3 is 14.5 Å². The number of hydrogen-bond acceptors (Lipinski definition) is 6. The maximum absolute atomic E-state index is 12.3. The van der Waals surface area contributed by atoms with Gasteiger partial charge in [0.1, 0.15) is 10.7 Å². The summed E-state index contributed by atoms with van der Waals surface area (Å²) in [4.78, 5) is 11.4. The highest BCUT2D eigenvalue weighted by Gasteiger charge is 2.25. The first-order valence-corrected chi connectivity index (χ1v) is 8.31. The number of hydrogen-bond donors (Lipinski definition) is 2. The van der Waals surface area contributed by atoms with Gasteiger partial charge in [0.2, 0.25) is 15.8 Å². The van der Waals surface area contributed by atoms with E-state index in [4.69, 9.17) is 4.42 Å². The van der Waals surface area contributed by atoms with Gasteiger partial charge in [0.25, 0.3) is 0 Å². The summed E-state index contributed by atoms with van der Waals surface area (Å²) in [6, 6.07) is 1.20. The third-order valence-corrected chi connectivity index (χ3v) is 5.04. The predicted molar refractivity (Wildman–Crippen MR) is 82.8 cm³/mol. The van der Waals surface area contributed by atoms with Crippen molar-refractivity contribution in [2.75, 3.05) is 26.7 Å². The second kappa shape index (κ2) is 7.96. The molecule has 1 fully saturated rings. The number of sulfonamides is 1. The lowest BCUT2D eigenvalue weighted by Gasteiger charge is -2.22. The van der Waals surface area contributed by atoms with Crippen LogP contribution in [0.4, 0.5) is 0 Å². The fourth-order valence-electron chi connectivity index (χ4n) is 2.34. The third-order valence-electron chi connectivity index (χ3n) is 3.51. The van der Waals surface area contributed by atoms with E-state index in [-0.39, 0.29) is 34.7 Å². The number of nitrogens with one attached hydrogen (secondary N) is 2. The maximum Gasteiger partial charge on any atom is 0.373 e. The van der Waals surface area contributed by atoms with Crippen LogP contribution in [0.1, 0.15) is 29.2 Å². The number of aryl methyl sites for hydroxylation is 1. The van der Waals surface area contributed by atoms with E-state index < -0.39 is 16.0 Å². The number of rotatable bonds is 5. The van der Waals surface area contributed by atoms with Crippen LogP contribution < -0.4 is 10.0 Å². The van der Waals surface area contributed by atoms with E-state index in [1.807, 2.05) is 0 Å². The lowest BCUT2D eigenvalue weighted by molar-refractivity contribution is 0.0563. The number of furan rings is 1. The van der Waals surface area contributed by atoms with Crippen molar-refractivity contribution in [1.82, 2.24) is 10.0 Å². The zero-order valence-corrected chi connectivity index (χ0v) is 14.2. The lowest BCUT2D eigenvalue weighted by atomic mass is 10.0. The summed E-state index contributed by atoms with van der Waals surface area (Å²) in [6.45, 7) is 3.66. The Balaban J connectivity index is 0.00000242. The SMILES string of the molecule is COC(=O)c1cc(S(=O)(=O)NCC2CCCNC2)c(C)o1.Cl. The maximum atomic E-state index is 12.3. The molecule has 126 valence electrons. The highest BCUT2D eigenvalue weighted by molar-refractivity contribution is 7.89. The predicted octanol–water partition coefficient (Wildman–Crippen LogP) is 1.07. The van der Waals surface area contributed by atoms with Gasteiger partial charge in [0.15, 0.2) is 0 Å². The molecule has 22 heavy (non-hydrogen) atoms. The molecular formula is C13H21ClN2O5S. The second-order valence-corrected chi connectivity index (χ2v) is 6.82. The summed E-state index contributed by atoms with van der Waals surface area (Å²) >= 11 is 0. The molecule has 1 aromatic rings. The van der Waals surface area contributed by atoms with Crippen molar-refractivity contribution in [2.24, 2.45) is 5.92 Å². The minimum atomic E-state index is -3.69. The van der Waals surface area contributed by atoms with Crippen LogP contribution in [0.3, 0.4) is 0 Å². The molecule has 1 aliphatic rings. The van der Waals surface area contributed by atoms with Crippen molar-refractivity contribution in [3.63, 3.8) is 0 Å². The first-order chi connectivity index (χ1) is 9.94. The minimum absolute atomic E-state index is 0. The second-order valence-electron chi connectivity index (χ2n) is 5.09. The van der Waals surface area contributed by atoms with Crippen LogP contribution in [-0.2, 0) is 14.8 Å². The smallest absolute Gasteiger partial charge is 0.373 e. The van der Waals surface area contributed by atoms with Crippen molar-refractivity contribution in [1.29, 1.82) is 0 Å². The summed E-state index contributed by atoms with van der Waals surface area (Å²) in [7, 11) is -2.48. The van der Waals surface area contributed by atoms with E-state index >= 15 is 0 Å². The molecule has 1 aliphatic heterocycles. The van der Waals surface area contributed by atoms with E-state index in [9.17, 15) is 13.2 Å². The summed E-state index contributed by atoms with van der Waals surface area (Å²) in [5.41, 5.74) is 0. The van der Waals surface area contributed by atoms with Gasteiger partial charge >= 0.3 is 5.97 Å². The van der Waals surface area contributed by atoms with Crippen molar-refractivity contribution >= 4 is 28.4 Å². The first-order valence-electron chi connectivity index (χ1n) is 6.83. The molecule has 0 bridgehead atoms. The molecule has 0 aliphatic carbocycles. The van der Waals surface area contributed by atoms with E-state index in [1.54, 1.807) is 0 Å². The third kappa shape index (κ3) is 4.45. The van der Waals surface area contributed by atoms with Gasteiger partial charge in [-0.1, -0.05) is 0 Å². The minimum Gasteiger partial charge on any atom is -0.463 e. The van der Waals surface area contributed by atoms with Gasteiger partial charge in [0.05, 0.1) is 7.11 Å². The van der Waals surface area contributed by atoms with Gasteiger partial charge in [-0.05, 0) is 38.8 Å². The van der Waals surface area contributed by atoms with E-state index in [0.29, 0.717) is 6.54 Å². The standard InChI is InChI=1S/C13H20N2O5S.ClH/c1-9-12(6-11(20-9)13(16)19-2)21(17,18)15-8-10-4-3-5-14-7-10;/h6,10,14-15H,3-5,7-8H2,1-2H3;1H. The number of esters is 1. The fourth-order valence-corrected chi connectivity index (χ4v) is 3.63. The molecular weight excluding hydrogens is 332 g/mol. The highest BCUT2D eigenvalue weighted by atomic mass is 35.5. The Morgan fingerprint density at radius 1 is 1.55 bits per heavy atom. The lowest BCUT2D eigenvalue weighted by Crippen LogP contribution is -2.38. The average Bonchev–Trinajstić information content (AvgIpc) is 2.88. The summed E-state index contributed by atoms with van der Waals surface area (Å²) in [5.74, 6) is -0.365. The Kier molecular flexibility index (Phi) is 6.86. The largest absolute Gasteiger partial charge is 0.463 e. The van der Waals surface area contributed by atoms with Crippen molar-refractivity contribution < 1.29 is 22.4 Å². The molecule has 2 N–H and O–H groups in total. The van der Waals surface area contributed by atoms with Crippen LogP contribution >= 0.6 is 12.4 Å². The molecule has 0 aromatic carbocycles. The highest BCUT2D eigenvalue weighted by Crippen LogP contribution is 2.21. The molecule has 1 atom stereocenters. The Hall–Kier alpha value is -1.09. The quantitative estimate of drug-likeness (QED) is 0.769.